The molecule has 2 unspecified atom stereocenters. The molecule has 0 radical (unpaired) electrons. The highest BCUT2D eigenvalue weighted by atomic mass is 16.6. The Hall–Kier alpha value is -2.05. The maximum absolute atomic E-state index is 9.73. The van der Waals surface area contributed by atoms with Gasteiger partial charge in [0, 0.05) is 24.7 Å². The molecule has 2 N–H and O–H groups in total. The number of aliphatic hydroxyl groups is 2. The number of nitrogens with zero attached hydrogens (tertiary/aromatic N) is 2. The Bertz CT molecular complexity index is 681. The predicted molar refractivity (Wildman–Crippen MR) is 77.0 cm³/mol. The molecule has 2 atom stereocenters. The number of β-amino-alcohol motifs (C(OH)–C–C–N with tert-alkyl or cyclic N) is 2. The number of anilines is 1. The molecule has 2 aliphatic rings. The Morgan fingerprint density at radius 1 is 1.05 bits per heavy atom. The Morgan fingerprint density at radius 2 is 1.71 bits per heavy atom. The summed E-state index contributed by atoms with van der Waals surface area (Å²) in [6.45, 7) is 1.85. The van der Waals surface area contributed by atoms with Gasteiger partial charge in [-0.15, -0.1) is 0 Å². The molecule has 0 aliphatic carbocycles. The van der Waals surface area contributed by atoms with E-state index in [9.17, 15) is 10.2 Å². The summed E-state index contributed by atoms with van der Waals surface area (Å²) in [4.78, 5) is 6.31. The van der Waals surface area contributed by atoms with Crippen LogP contribution in [0.4, 0.5) is 5.82 Å². The van der Waals surface area contributed by atoms with Crippen molar-refractivity contribution < 1.29 is 19.7 Å². The van der Waals surface area contributed by atoms with E-state index in [1.54, 1.807) is 6.20 Å². The summed E-state index contributed by atoms with van der Waals surface area (Å²) in [5.41, 5.74) is 0. The van der Waals surface area contributed by atoms with E-state index in [-0.39, 0.29) is 0 Å². The van der Waals surface area contributed by atoms with E-state index in [1.165, 1.54) is 0 Å². The number of ether oxygens (including phenoxy) is 2. The van der Waals surface area contributed by atoms with Gasteiger partial charge in [0.15, 0.2) is 11.5 Å². The molecular formula is C15H16N2O4. The predicted octanol–water partition coefficient (Wildman–Crippen LogP) is 0.548. The van der Waals surface area contributed by atoms with Gasteiger partial charge >= 0.3 is 0 Å². The molecule has 1 fully saturated rings. The van der Waals surface area contributed by atoms with Gasteiger partial charge in [0.25, 0.3) is 0 Å². The van der Waals surface area contributed by atoms with Crippen molar-refractivity contribution in [2.24, 2.45) is 0 Å². The van der Waals surface area contributed by atoms with E-state index in [2.05, 4.69) is 4.98 Å². The van der Waals surface area contributed by atoms with Crippen LogP contribution in [0.25, 0.3) is 10.8 Å². The van der Waals surface area contributed by atoms with E-state index in [4.69, 9.17) is 9.47 Å². The first-order chi connectivity index (χ1) is 10.2. The lowest BCUT2D eigenvalue weighted by Crippen LogP contribution is -2.22. The second-order valence-electron chi connectivity index (χ2n) is 5.39. The smallest absolute Gasteiger partial charge is 0.162 e. The molecule has 0 amide bonds. The van der Waals surface area contributed by atoms with Gasteiger partial charge in [-0.3, -0.25) is 0 Å². The molecule has 3 heterocycles. The van der Waals surface area contributed by atoms with Crippen molar-refractivity contribution in [3.05, 3.63) is 24.4 Å². The van der Waals surface area contributed by atoms with E-state index in [0.29, 0.717) is 32.1 Å². The number of fused-ring (bicyclic) bond motifs is 2. The maximum atomic E-state index is 9.73. The Balaban J connectivity index is 1.82. The number of benzene rings is 1. The molecule has 21 heavy (non-hydrogen) atoms. The van der Waals surface area contributed by atoms with Crippen LogP contribution in [0, 0.1) is 0 Å². The van der Waals surface area contributed by atoms with Crippen LogP contribution in [0.15, 0.2) is 24.4 Å². The fourth-order valence-corrected chi connectivity index (χ4v) is 2.89. The molecular weight excluding hydrogens is 272 g/mol. The summed E-state index contributed by atoms with van der Waals surface area (Å²) in [5.74, 6) is 2.20. The van der Waals surface area contributed by atoms with Gasteiger partial charge in [0.1, 0.15) is 19.0 Å². The fourth-order valence-electron chi connectivity index (χ4n) is 2.89. The van der Waals surface area contributed by atoms with E-state index in [1.807, 2.05) is 23.1 Å². The van der Waals surface area contributed by atoms with Gasteiger partial charge in [0.2, 0.25) is 0 Å². The van der Waals surface area contributed by atoms with Crippen LogP contribution in [0.2, 0.25) is 0 Å². The van der Waals surface area contributed by atoms with Crippen LogP contribution in [-0.2, 0) is 0 Å². The highest BCUT2D eigenvalue weighted by Gasteiger charge is 2.31. The van der Waals surface area contributed by atoms with Gasteiger partial charge in [-0.05, 0) is 23.6 Å². The Labute approximate surface area is 121 Å². The zero-order chi connectivity index (χ0) is 14.4. The van der Waals surface area contributed by atoms with Crippen molar-refractivity contribution >= 4 is 16.6 Å². The third-order valence-electron chi connectivity index (χ3n) is 3.96. The lowest BCUT2D eigenvalue weighted by molar-refractivity contribution is 0.0572. The number of aliphatic hydroxyl groups excluding tert-OH is 2. The second kappa shape index (κ2) is 4.75. The summed E-state index contributed by atoms with van der Waals surface area (Å²) >= 11 is 0. The quantitative estimate of drug-likeness (QED) is 0.798. The summed E-state index contributed by atoms with van der Waals surface area (Å²) in [6.07, 6.45) is 0.253. The minimum Gasteiger partial charge on any atom is -0.486 e. The summed E-state index contributed by atoms with van der Waals surface area (Å²) in [7, 11) is 0. The van der Waals surface area contributed by atoms with Crippen LogP contribution in [0.1, 0.15) is 0 Å². The average molecular weight is 288 g/mol. The molecule has 0 bridgehead atoms. The Kier molecular flexibility index (Phi) is 2.87. The van der Waals surface area contributed by atoms with Crippen molar-refractivity contribution in [2.75, 3.05) is 31.2 Å². The lowest BCUT2D eigenvalue weighted by Gasteiger charge is -2.22. The fraction of sp³-hybridized carbons (Fsp3) is 0.400. The van der Waals surface area contributed by atoms with Crippen LogP contribution >= 0.6 is 0 Å². The minimum absolute atomic E-state index is 0.377. The van der Waals surface area contributed by atoms with Crippen LogP contribution < -0.4 is 14.4 Å². The average Bonchev–Trinajstić information content (AvgIpc) is 2.84. The molecule has 110 valence electrons. The number of rotatable bonds is 1. The third-order valence-corrected chi connectivity index (χ3v) is 3.96. The molecule has 0 saturated carbocycles. The summed E-state index contributed by atoms with van der Waals surface area (Å²) in [6, 6.07) is 5.78. The second-order valence-corrected chi connectivity index (χ2v) is 5.39. The first kappa shape index (κ1) is 12.7. The van der Waals surface area contributed by atoms with Crippen LogP contribution in [-0.4, -0.2) is 53.7 Å². The molecule has 1 aromatic heterocycles. The monoisotopic (exact) mass is 288 g/mol. The van der Waals surface area contributed by atoms with Gasteiger partial charge in [-0.2, -0.15) is 0 Å². The highest BCUT2D eigenvalue weighted by Crippen LogP contribution is 2.37. The number of aromatic nitrogens is 1. The molecule has 6 nitrogen and oxygen atoms in total. The minimum atomic E-state index is -0.737. The number of pyridine rings is 1. The number of hydrogen-bond acceptors (Lipinski definition) is 6. The van der Waals surface area contributed by atoms with E-state index < -0.39 is 12.2 Å². The molecule has 2 aliphatic heterocycles. The van der Waals surface area contributed by atoms with Gasteiger partial charge < -0.3 is 24.6 Å². The van der Waals surface area contributed by atoms with Gasteiger partial charge in [-0.1, -0.05) is 0 Å². The molecule has 1 saturated heterocycles. The largest absolute Gasteiger partial charge is 0.486 e. The van der Waals surface area contributed by atoms with Crippen LogP contribution in [0.5, 0.6) is 11.5 Å². The molecule has 2 aromatic rings. The third kappa shape index (κ3) is 2.07. The lowest BCUT2D eigenvalue weighted by atomic mass is 10.1. The van der Waals surface area contributed by atoms with E-state index in [0.717, 1.165) is 22.3 Å². The SMILES string of the molecule is OC1CN(c2nccc3cc4c(cc23)OCCO4)CC1O. The highest BCUT2D eigenvalue weighted by molar-refractivity contribution is 5.94. The normalized spacial score (nSPS) is 24.6. The summed E-state index contributed by atoms with van der Waals surface area (Å²) in [5, 5.41) is 21.4. The van der Waals surface area contributed by atoms with E-state index >= 15 is 0 Å². The van der Waals surface area contributed by atoms with Crippen molar-refractivity contribution in [2.45, 2.75) is 12.2 Å². The number of hydrogen-bond donors (Lipinski definition) is 2. The molecule has 6 heteroatoms. The van der Waals surface area contributed by atoms with Crippen LogP contribution in [0.3, 0.4) is 0 Å². The van der Waals surface area contributed by atoms with Crippen molar-refractivity contribution in [3.8, 4) is 11.5 Å². The molecule has 1 aromatic carbocycles. The molecule has 0 spiro atoms. The zero-order valence-electron chi connectivity index (χ0n) is 11.4. The summed E-state index contributed by atoms with van der Waals surface area (Å²) < 4.78 is 11.2. The van der Waals surface area contributed by atoms with Crippen molar-refractivity contribution in [1.82, 2.24) is 4.98 Å². The van der Waals surface area contributed by atoms with Gasteiger partial charge in [-0.25, -0.2) is 4.98 Å². The van der Waals surface area contributed by atoms with Crippen molar-refractivity contribution in [3.63, 3.8) is 0 Å². The topological polar surface area (TPSA) is 75.1 Å². The maximum Gasteiger partial charge on any atom is 0.162 e. The first-order valence-electron chi connectivity index (χ1n) is 7.02. The first-order valence-corrected chi connectivity index (χ1v) is 7.02. The standard InChI is InChI=1S/C15H16N2O4/c18-11-7-17(8-12(11)19)15-10-6-14-13(20-3-4-21-14)5-9(10)1-2-16-15/h1-2,5-6,11-12,18-19H,3-4,7-8H2. The van der Waals surface area contributed by atoms with Crippen molar-refractivity contribution in [1.29, 1.82) is 0 Å². The zero-order valence-corrected chi connectivity index (χ0v) is 11.4. The molecule has 4 rings (SSSR count). The van der Waals surface area contributed by atoms with Gasteiger partial charge in [0.05, 0.1) is 12.2 Å². The Morgan fingerprint density at radius 3 is 2.43 bits per heavy atom.